The molecule has 0 saturated carbocycles. The standard InChI is InChI=1S/C31H33BrN2O5S/c1-22(2)15-16-34(40(37,38)27-12-10-26(32)11-13-27)20-30(35)33(18-24-7-5-4-6-8-24)19-25-21-39-29-14-9-23(3)17-28(29)31(25)36/h4-14,17,21-22H,15-16,18-20H2,1-3H3. The summed E-state index contributed by atoms with van der Waals surface area (Å²) in [6.45, 7) is 5.95. The summed E-state index contributed by atoms with van der Waals surface area (Å²) in [6.07, 6.45) is 1.98. The van der Waals surface area contributed by atoms with Crippen LogP contribution in [-0.2, 0) is 27.9 Å². The second-order valence-corrected chi connectivity index (χ2v) is 13.2. The van der Waals surface area contributed by atoms with Crippen molar-refractivity contribution in [3.63, 3.8) is 0 Å². The topological polar surface area (TPSA) is 87.9 Å². The lowest BCUT2D eigenvalue weighted by Gasteiger charge is -2.28. The predicted molar refractivity (Wildman–Crippen MR) is 160 cm³/mol. The monoisotopic (exact) mass is 624 g/mol. The van der Waals surface area contributed by atoms with E-state index in [2.05, 4.69) is 15.9 Å². The van der Waals surface area contributed by atoms with Gasteiger partial charge in [0.15, 0.2) is 5.43 Å². The van der Waals surface area contributed by atoms with Gasteiger partial charge in [-0.25, -0.2) is 8.42 Å². The minimum absolute atomic E-state index is 0.0176. The fourth-order valence-electron chi connectivity index (χ4n) is 4.33. The number of halogens is 1. The molecule has 40 heavy (non-hydrogen) atoms. The van der Waals surface area contributed by atoms with E-state index in [-0.39, 0.29) is 42.4 Å². The van der Waals surface area contributed by atoms with Crippen molar-refractivity contribution in [2.45, 2.75) is 45.2 Å². The number of rotatable bonds is 11. The van der Waals surface area contributed by atoms with Crippen LogP contribution >= 0.6 is 15.9 Å². The maximum absolute atomic E-state index is 13.8. The summed E-state index contributed by atoms with van der Waals surface area (Å²) in [6, 6.07) is 21.2. The van der Waals surface area contributed by atoms with E-state index < -0.39 is 15.9 Å². The first kappa shape index (κ1) is 29.7. The third kappa shape index (κ3) is 7.27. The maximum Gasteiger partial charge on any atom is 0.243 e. The molecule has 0 aliphatic heterocycles. The number of nitrogens with zero attached hydrogens (tertiary/aromatic N) is 2. The Morgan fingerprint density at radius 1 is 0.975 bits per heavy atom. The molecule has 3 aromatic carbocycles. The molecule has 4 aromatic rings. The third-order valence-electron chi connectivity index (χ3n) is 6.65. The summed E-state index contributed by atoms with van der Waals surface area (Å²) < 4.78 is 35.0. The Hall–Kier alpha value is -3.27. The zero-order valence-electron chi connectivity index (χ0n) is 22.8. The molecule has 7 nitrogen and oxygen atoms in total. The van der Waals surface area contributed by atoms with Crippen LogP contribution in [0.3, 0.4) is 0 Å². The summed E-state index contributed by atoms with van der Waals surface area (Å²) in [5.41, 5.74) is 2.37. The van der Waals surface area contributed by atoms with Crippen LogP contribution in [0.5, 0.6) is 0 Å². The van der Waals surface area contributed by atoms with E-state index in [1.807, 2.05) is 57.2 Å². The normalized spacial score (nSPS) is 11.8. The largest absolute Gasteiger partial charge is 0.464 e. The molecule has 0 fully saturated rings. The van der Waals surface area contributed by atoms with Crippen molar-refractivity contribution in [2.24, 2.45) is 5.92 Å². The van der Waals surface area contributed by atoms with Crippen molar-refractivity contribution in [1.29, 1.82) is 0 Å². The molecular weight excluding hydrogens is 592 g/mol. The minimum Gasteiger partial charge on any atom is -0.464 e. The Labute approximate surface area is 243 Å². The van der Waals surface area contributed by atoms with Crippen molar-refractivity contribution < 1.29 is 17.6 Å². The Morgan fingerprint density at radius 2 is 1.68 bits per heavy atom. The number of aryl methyl sites for hydroxylation is 1. The van der Waals surface area contributed by atoms with Crippen molar-refractivity contribution >= 4 is 42.8 Å². The van der Waals surface area contributed by atoms with E-state index in [0.717, 1.165) is 15.6 Å². The second kappa shape index (κ2) is 12.9. The number of amides is 1. The van der Waals surface area contributed by atoms with Gasteiger partial charge in [-0.2, -0.15) is 4.31 Å². The van der Waals surface area contributed by atoms with Gasteiger partial charge in [0.05, 0.1) is 35.2 Å². The first-order valence-corrected chi connectivity index (χ1v) is 15.4. The summed E-state index contributed by atoms with van der Waals surface area (Å²) >= 11 is 3.34. The van der Waals surface area contributed by atoms with E-state index in [4.69, 9.17) is 4.42 Å². The van der Waals surface area contributed by atoms with Crippen LogP contribution in [-0.4, -0.2) is 36.6 Å². The molecule has 0 spiro atoms. The summed E-state index contributed by atoms with van der Waals surface area (Å²) in [5.74, 6) is -0.166. The lowest BCUT2D eigenvalue weighted by molar-refractivity contribution is -0.132. The van der Waals surface area contributed by atoms with Gasteiger partial charge >= 0.3 is 0 Å². The Kier molecular flexibility index (Phi) is 9.60. The molecule has 9 heteroatoms. The average molecular weight is 626 g/mol. The maximum atomic E-state index is 13.8. The second-order valence-electron chi connectivity index (χ2n) is 10.3. The molecule has 0 N–H and O–H groups in total. The number of benzene rings is 3. The molecule has 1 amide bonds. The van der Waals surface area contributed by atoms with Gasteiger partial charge in [0.25, 0.3) is 0 Å². The van der Waals surface area contributed by atoms with Crippen molar-refractivity contribution in [3.05, 3.63) is 110 Å². The molecule has 1 aromatic heterocycles. The molecule has 1 heterocycles. The van der Waals surface area contributed by atoms with Crippen molar-refractivity contribution in [1.82, 2.24) is 9.21 Å². The van der Waals surface area contributed by atoms with Crippen LogP contribution in [0.25, 0.3) is 11.0 Å². The lowest BCUT2D eigenvalue weighted by atomic mass is 10.1. The zero-order valence-corrected chi connectivity index (χ0v) is 25.2. The van der Waals surface area contributed by atoms with Gasteiger partial charge in [-0.05, 0) is 61.2 Å². The highest BCUT2D eigenvalue weighted by Gasteiger charge is 2.29. The van der Waals surface area contributed by atoms with Crippen LogP contribution < -0.4 is 5.43 Å². The molecular formula is C31H33BrN2O5S. The zero-order chi connectivity index (χ0) is 28.9. The average Bonchev–Trinajstić information content (AvgIpc) is 2.92. The summed E-state index contributed by atoms with van der Waals surface area (Å²) in [4.78, 5) is 28.8. The molecule has 0 aliphatic carbocycles. The van der Waals surface area contributed by atoms with Gasteiger partial charge < -0.3 is 9.32 Å². The summed E-state index contributed by atoms with van der Waals surface area (Å²) in [5, 5.41) is 0.445. The molecule has 4 rings (SSSR count). The van der Waals surface area contributed by atoms with Gasteiger partial charge in [-0.15, -0.1) is 0 Å². The van der Waals surface area contributed by atoms with Gasteiger partial charge in [-0.3, -0.25) is 9.59 Å². The number of carbonyl (C=O) groups excluding carboxylic acids is 1. The van der Waals surface area contributed by atoms with Gasteiger partial charge in [-0.1, -0.05) is 71.7 Å². The minimum atomic E-state index is -3.94. The molecule has 0 bridgehead atoms. The SMILES string of the molecule is Cc1ccc2occ(CN(Cc3ccccc3)C(=O)CN(CCC(C)C)S(=O)(=O)c3ccc(Br)cc3)c(=O)c2c1. The first-order valence-electron chi connectivity index (χ1n) is 13.1. The predicted octanol–water partition coefficient (Wildman–Crippen LogP) is 6.13. The van der Waals surface area contributed by atoms with Crippen LogP contribution in [0.1, 0.15) is 37.0 Å². The van der Waals surface area contributed by atoms with Crippen LogP contribution in [0.4, 0.5) is 0 Å². The highest BCUT2D eigenvalue weighted by atomic mass is 79.9. The highest BCUT2D eigenvalue weighted by Crippen LogP contribution is 2.21. The highest BCUT2D eigenvalue weighted by molar-refractivity contribution is 9.10. The number of hydrogen-bond donors (Lipinski definition) is 0. The molecule has 0 atom stereocenters. The Bertz CT molecular complexity index is 1630. The van der Waals surface area contributed by atoms with E-state index in [9.17, 15) is 18.0 Å². The van der Waals surface area contributed by atoms with Gasteiger partial charge in [0.1, 0.15) is 5.58 Å². The number of hydrogen-bond acceptors (Lipinski definition) is 5. The van der Waals surface area contributed by atoms with Crippen LogP contribution in [0.2, 0.25) is 0 Å². The Balaban J connectivity index is 1.68. The third-order valence-corrected chi connectivity index (χ3v) is 9.04. The van der Waals surface area contributed by atoms with Crippen LogP contribution in [0, 0.1) is 12.8 Å². The van der Waals surface area contributed by atoms with E-state index in [1.54, 1.807) is 24.3 Å². The molecule has 0 radical (unpaired) electrons. The fourth-order valence-corrected chi connectivity index (χ4v) is 6.00. The smallest absolute Gasteiger partial charge is 0.243 e. The van der Waals surface area contributed by atoms with Crippen molar-refractivity contribution in [3.8, 4) is 0 Å². The quantitative estimate of drug-likeness (QED) is 0.200. The van der Waals surface area contributed by atoms with E-state index in [1.165, 1.54) is 27.6 Å². The molecule has 210 valence electrons. The van der Waals surface area contributed by atoms with Gasteiger partial charge in [0.2, 0.25) is 15.9 Å². The summed E-state index contributed by atoms with van der Waals surface area (Å²) in [7, 11) is -3.94. The first-order chi connectivity index (χ1) is 19.0. The van der Waals surface area contributed by atoms with E-state index >= 15 is 0 Å². The van der Waals surface area contributed by atoms with Crippen molar-refractivity contribution in [2.75, 3.05) is 13.1 Å². The number of carbonyl (C=O) groups is 1. The lowest BCUT2D eigenvalue weighted by Crippen LogP contribution is -2.43. The molecule has 0 unspecified atom stereocenters. The number of sulfonamides is 1. The Morgan fingerprint density at radius 3 is 2.35 bits per heavy atom. The van der Waals surface area contributed by atoms with Crippen LogP contribution in [0.15, 0.2) is 97.6 Å². The van der Waals surface area contributed by atoms with Gasteiger partial charge in [0, 0.05) is 17.6 Å². The molecule has 0 aliphatic rings. The van der Waals surface area contributed by atoms with E-state index in [0.29, 0.717) is 23.0 Å². The molecule has 0 saturated heterocycles. The number of fused-ring (bicyclic) bond motifs is 1. The fraction of sp³-hybridized carbons (Fsp3) is 0.290.